The second-order valence-electron chi connectivity index (χ2n) is 4.33. The van der Waals surface area contributed by atoms with E-state index in [1.165, 1.54) is 0 Å². The summed E-state index contributed by atoms with van der Waals surface area (Å²) < 4.78 is 0. The molecule has 0 N–H and O–H groups in total. The van der Waals surface area contributed by atoms with Crippen molar-refractivity contribution in [3.05, 3.63) is 35.9 Å². The van der Waals surface area contributed by atoms with Crippen LogP contribution in [0.1, 0.15) is 32.3 Å². The van der Waals surface area contributed by atoms with Crippen LogP contribution < -0.4 is 0 Å². The number of Topliss-reactive ketones (excluding diaryl/α,β-unsaturated/α-hetero) is 1. The molecule has 0 atom stereocenters. The number of ketones is 1. The Hall–Kier alpha value is -1.15. The Morgan fingerprint density at radius 1 is 1.12 bits per heavy atom. The summed E-state index contributed by atoms with van der Waals surface area (Å²) in [5, 5.41) is 0. The van der Waals surface area contributed by atoms with E-state index in [0.717, 1.165) is 31.6 Å². The van der Waals surface area contributed by atoms with Crippen LogP contribution in [-0.4, -0.2) is 30.3 Å². The molecule has 0 fully saturated rings. The Balaban J connectivity index is 2.22. The van der Waals surface area contributed by atoms with E-state index < -0.39 is 0 Å². The van der Waals surface area contributed by atoms with Gasteiger partial charge in [0.2, 0.25) is 0 Å². The lowest BCUT2D eigenvalue weighted by atomic mass is 10.1. The third kappa shape index (κ3) is 5.64. The summed E-state index contributed by atoms with van der Waals surface area (Å²) in [4.78, 5) is 14.1. The first-order valence-electron chi connectivity index (χ1n) is 6.54. The molecule has 2 heteroatoms. The van der Waals surface area contributed by atoms with Gasteiger partial charge in [-0.05, 0) is 31.6 Å². The summed E-state index contributed by atoms with van der Waals surface area (Å²) in [6.07, 6.45) is 2.26. The number of benzene rings is 1. The maximum atomic E-state index is 11.8. The molecule has 0 radical (unpaired) electrons. The van der Waals surface area contributed by atoms with E-state index in [1.807, 2.05) is 30.3 Å². The van der Waals surface area contributed by atoms with Crippen LogP contribution in [0.5, 0.6) is 0 Å². The van der Waals surface area contributed by atoms with Crippen molar-refractivity contribution in [3.63, 3.8) is 0 Å². The summed E-state index contributed by atoms with van der Waals surface area (Å²) in [5.74, 6) is 0.350. The van der Waals surface area contributed by atoms with Gasteiger partial charge in [0.25, 0.3) is 0 Å². The highest BCUT2D eigenvalue weighted by Gasteiger charge is 2.05. The smallest absolute Gasteiger partial charge is 0.137 e. The number of hydrogen-bond donors (Lipinski definition) is 0. The first kappa shape index (κ1) is 13.9. The summed E-state index contributed by atoms with van der Waals surface area (Å²) in [7, 11) is 0. The number of hydrogen-bond acceptors (Lipinski definition) is 2. The number of rotatable bonds is 8. The standard InChI is InChI=1S/C15H23NO/c1-3-16(4-2)12-8-11-15(17)13-14-9-6-5-7-10-14/h5-7,9-10H,3-4,8,11-13H2,1-2H3. The summed E-state index contributed by atoms with van der Waals surface area (Å²) >= 11 is 0. The van der Waals surface area contributed by atoms with Gasteiger partial charge < -0.3 is 4.90 Å². The molecule has 94 valence electrons. The van der Waals surface area contributed by atoms with Crippen molar-refractivity contribution in [2.45, 2.75) is 33.1 Å². The molecule has 0 aliphatic heterocycles. The average molecular weight is 233 g/mol. The van der Waals surface area contributed by atoms with E-state index in [0.29, 0.717) is 18.6 Å². The molecule has 17 heavy (non-hydrogen) atoms. The van der Waals surface area contributed by atoms with Crippen molar-refractivity contribution in [2.75, 3.05) is 19.6 Å². The molecule has 0 aromatic heterocycles. The molecule has 0 unspecified atom stereocenters. The van der Waals surface area contributed by atoms with Crippen LogP contribution in [0.3, 0.4) is 0 Å². The molecular weight excluding hydrogens is 210 g/mol. The Morgan fingerprint density at radius 3 is 2.35 bits per heavy atom. The van der Waals surface area contributed by atoms with Gasteiger partial charge in [0.15, 0.2) is 0 Å². The monoisotopic (exact) mass is 233 g/mol. The van der Waals surface area contributed by atoms with Gasteiger partial charge in [0, 0.05) is 12.8 Å². The summed E-state index contributed by atoms with van der Waals surface area (Å²) in [5.41, 5.74) is 1.13. The van der Waals surface area contributed by atoms with Gasteiger partial charge in [0.1, 0.15) is 5.78 Å². The zero-order chi connectivity index (χ0) is 12.5. The number of nitrogens with zero attached hydrogens (tertiary/aromatic N) is 1. The minimum atomic E-state index is 0.350. The lowest BCUT2D eigenvalue weighted by molar-refractivity contribution is -0.118. The average Bonchev–Trinajstić information content (AvgIpc) is 2.36. The van der Waals surface area contributed by atoms with Crippen molar-refractivity contribution >= 4 is 5.78 Å². The van der Waals surface area contributed by atoms with Crippen LogP contribution in [0.2, 0.25) is 0 Å². The van der Waals surface area contributed by atoms with Crippen LogP contribution in [0.15, 0.2) is 30.3 Å². The van der Waals surface area contributed by atoms with Gasteiger partial charge in [-0.2, -0.15) is 0 Å². The maximum absolute atomic E-state index is 11.8. The molecule has 1 aromatic carbocycles. The van der Waals surface area contributed by atoms with Gasteiger partial charge in [-0.3, -0.25) is 4.79 Å². The molecule has 0 aliphatic carbocycles. The second kappa shape index (κ2) is 8.02. The molecule has 1 aromatic rings. The first-order chi connectivity index (χ1) is 8.26. The third-order valence-electron chi connectivity index (χ3n) is 3.07. The highest BCUT2D eigenvalue weighted by molar-refractivity contribution is 5.80. The Morgan fingerprint density at radius 2 is 1.76 bits per heavy atom. The number of carbonyl (C=O) groups excluding carboxylic acids is 1. The van der Waals surface area contributed by atoms with E-state index in [9.17, 15) is 4.79 Å². The van der Waals surface area contributed by atoms with E-state index in [2.05, 4.69) is 18.7 Å². The quantitative estimate of drug-likeness (QED) is 0.688. The molecular formula is C15H23NO. The Bertz CT molecular complexity index is 317. The van der Waals surface area contributed by atoms with Crippen LogP contribution in [0.25, 0.3) is 0 Å². The fourth-order valence-corrected chi connectivity index (χ4v) is 1.95. The predicted octanol–water partition coefficient (Wildman–Crippen LogP) is 2.92. The lowest BCUT2D eigenvalue weighted by Gasteiger charge is -2.17. The largest absolute Gasteiger partial charge is 0.304 e. The molecule has 2 nitrogen and oxygen atoms in total. The molecule has 0 bridgehead atoms. The predicted molar refractivity (Wildman–Crippen MR) is 72.2 cm³/mol. The van der Waals surface area contributed by atoms with Crippen molar-refractivity contribution < 1.29 is 4.79 Å². The Labute approximate surface area is 105 Å². The summed E-state index contributed by atoms with van der Waals surface area (Å²) in [6, 6.07) is 9.98. The molecule has 1 rings (SSSR count). The van der Waals surface area contributed by atoms with Gasteiger partial charge in [-0.15, -0.1) is 0 Å². The minimum Gasteiger partial charge on any atom is -0.304 e. The van der Waals surface area contributed by atoms with Gasteiger partial charge in [0.05, 0.1) is 0 Å². The minimum absolute atomic E-state index is 0.350. The van der Waals surface area contributed by atoms with Gasteiger partial charge >= 0.3 is 0 Å². The van der Waals surface area contributed by atoms with Crippen LogP contribution in [-0.2, 0) is 11.2 Å². The van der Waals surface area contributed by atoms with Gasteiger partial charge in [-0.25, -0.2) is 0 Å². The molecule has 0 heterocycles. The molecule has 0 amide bonds. The maximum Gasteiger partial charge on any atom is 0.137 e. The molecule has 0 aliphatic rings. The van der Waals surface area contributed by atoms with Crippen LogP contribution in [0, 0.1) is 0 Å². The zero-order valence-electron chi connectivity index (χ0n) is 11.0. The van der Waals surface area contributed by atoms with E-state index in [-0.39, 0.29) is 0 Å². The number of carbonyl (C=O) groups is 1. The fourth-order valence-electron chi connectivity index (χ4n) is 1.95. The fraction of sp³-hybridized carbons (Fsp3) is 0.533. The van der Waals surface area contributed by atoms with Crippen LogP contribution >= 0.6 is 0 Å². The van der Waals surface area contributed by atoms with Crippen molar-refractivity contribution in [2.24, 2.45) is 0 Å². The SMILES string of the molecule is CCN(CC)CCCC(=O)Cc1ccccc1. The second-order valence-corrected chi connectivity index (χ2v) is 4.33. The van der Waals surface area contributed by atoms with Gasteiger partial charge in [-0.1, -0.05) is 44.2 Å². The van der Waals surface area contributed by atoms with Crippen molar-refractivity contribution in [1.29, 1.82) is 0 Å². The molecule has 0 saturated heterocycles. The third-order valence-corrected chi connectivity index (χ3v) is 3.07. The summed E-state index contributed by atoms with van der Waals surface area (Å²) in [6.45, 7) is 7.50. The normalized spacial score (nSPS) is 10.8. The lowest BCUT2D eigenvalue weighted by Crippen LogP contribution is -2.24. The van der Waals surface area contributed by atoms with E-state index in [1.54, 1.807) is 0 Å². The zero-order valence-corrected chi connectivity index (χ0v) is 11.0. The van der Waals surface area contributed by atoms with Crippen molar-refractivity contribution in [3.8, 4) is 0 Å². The first-order valence-corrected chi connectivity index (χ1v) is 6.54. The molecule has 0 saturated carbocycles. The van der Waals surface area contributed by atoms with Crippen molar-refractivity contribution in [1.82, 2.24) is 4.90 Å². The van der Waals surface area contributed by atoms with Crippen LogP contribution in [0.4, 0.5) is 0 Å². The molecule has 0 spiro atoms. The highest BCUT2D eigenvalue weighted by atomic mass is 16.1. The topological polar surface area (TPSA) is 20.3 Å². The Kier molecular flexibility index (Phi) is 6.56. The highest BCUT2D eigenvalue weighted by Crippen LogP contribution is 2.04. The van der Waals surface area contributed by atoms with E-state index >= 15 is 0 Å². The van der Waals surface area contributed by atoms with E-state index in [4.69, 9.17) is 0 Å².